The van der Waals surface area contributed by atoms with E-state index in [2.05, 4.69) is 15.1 Å². The standard InChI is InChI=1S/C11H7F3N4/c1-6-15-4-7-2-3-9-8(10(7)16-6)5-18(17-9)11(12,13)14/h2-5H,1H3. The number of aryl methyl sites for hydroxylation is 1. The summed E-state index contributed by atoms with van der Waals surface area (Å²) in [5, 5.41) is 4.56. The first-order valence-electron chi connectivity index (χ1n) is 5.14. The molecule has 92 valence electrons. The van der Waals surface area contributed by atoms with Gasteiger partial charge >= 0.3 is 6.30 Å². The normalized spacial score (nSPS) is 12.4. The highest BCUT2D eigenvalue weighted by atomic mass is 19.4. The average Bonchev–Trinajstić information content (AvgIpc) is 2.72. The fourth-order valence-corrected chi connectivity index (χ4v) is 1.81. The van der Waals surface area contributed by atoms with Crippen LogP contribution in [0.1, 0.15) is 5.82 Å². The van der Waals surface area contributed by atoms with E-state index in [0.29, 0.717) is 22.1 Å². The molecule has 0 saturated heterocycles. The van der Waals surface area contributed by atoms with Crippen molar-refractivity contribution >= 4 is 21.8 Å². The molecule has 0 saturated carbocycles. The highest BCUT2D eigenvalue weighted by Crippen LogP contribution is 2.27. The Morgan fingerprint density at radius 3 is 2.72 bits per heavy atom. The van der Waals surface area contributed by atoms with Crippen molar-refractivity contribution in [2.24, 2.45) is 0 Å². The van der Waals surface area contributed by atoms with Gasteiger partial charge in [0.15, 0.2) is 0 Å². The van der Waals surface area contributed by atoms with Gasteiger partial charge in [-0.15, -0.1) is 13.2 Å². The number of fused-ring (bicyclic) bond motifs is 3. The quantitative estimate of drug-likeness (QED) is 0.618. The summed E-state index contributed by atoms with van der Waals surface area (Å²) in [5.74, 6) is 0.509. The lowest BCUT2D eigenvalue weighted by Gasteiger charge is -2.03. The van der Waals surface area contributed by atoms with E-state index in [1.807, 2.05) is 0 Å². The Morgan fingerprint density at radius 2 is 2.00 bits per heavy atom. The van der Waals surface area contributed by atoms with E-state index in [1.165, 1.54) is 6.07 Å². The van der Waals surface area contributed by atoms with Crippen LogP contribution in [0.15, 0.2) is 24.5 Å². The van der Waals surface area contributed by atoms with Crippen LogP contribution < -0.4 is 0 Å². The number of aromatic nitrogens is 4. The van der Waals surface area contributed by atoms with Crippen LogP contribution in [0.3, 0.4) is 0 Å². The molecule has 3 rings (SSSR count). The number of alkyl halides is 3. The first kappa shape index (κ1) is 10.9. The molecule has 0 spiro atoms. The molecule has 0 aliphatic rings. The van der Waals surface area contributed by atoms with Gasteiger partial charge in [-0.1, -0.05) is 0 Å². The summed E-state index contributed by atoms with van der Waals surface area (Å²) in [7, 11) is 0. The molecular formula is C11H7F3N4. The number of benzene rings is 1. The summed E-state index contributed by atoms with van der Waals surface area (Å²) >= 11 is 0. The molecular weight excluding hydrogens is 245 g/mol. The molecule has 0 atom stereocenters. The van der Waals surface area contributed by atoms with Crippen LogP contribution in [0.5, 0.6) is 0 Å². The zero-order valence-electron chi connectivity index (χ0n) is 9.23. The first-order chi connectivity index (χ1) is 8.45. The Kier molecular flexibility index (Phi) is 2.07. The van der Waals surface area contributed by atoms with Crippen LogP contribution in [0.25, 0.3) is 21.8 Å². The Bertz CT molecular complexity index is 745. The predicted molar refractivity (Wildman–Crippen MR) is 58.9 cm³/mol. The minimum absolute atomic E-state index is 0.00541. The monoisotopic (exact) mass is 252 g/mol. The van der Waals surface area contributed by atoms with Gasteiger partial charge in [-0.3, -0.25) is 0 Å². The van der Waals surface area contributed by atoms with Crippen molar-refractivity contribution in [3.8, 4) is 0 Å². The fraction of sp³-hybridized carbons (Fsp3) is 0.182. The molecule has 0 unspecified atom stereocenters. The molecule has 7 heteroatoms. The van der Waals surface area contributed by atoms with Gasteiger partial charge in [-0.25, -0.2) is 9.97 Å². The molecule has 2 heterocycles. The molecule has 0 aliphatic heterocycles. The molecule has 18 heavy (non-hydrogen) atoms. The second-order valence-corrected chi connectivity index (χ2v) is 3.89. The second kappa shape index (κ2) is 3.41. The third-order valence-corrected chi connectivity index (χ3v) is 2.62. The number of hydrogen-bond acceptors (Lipinski definition) is 3. The summed E-state index contributed by atoms with van der Waals surface area (Å²) < 4.78 is 37.7. The maximum absolute atomic E-state index is 12.6. The van der Waals surface area contributed by atoms with E-state index in [0.717, 1.165) is 6.20 Å². The van der Waals surface area contributed by atoms with Crippen LogP contribution in [-0.4, -0.2) is 19.7 Å². The highest BCUT2D eigenvalue weighted by Gasteiger charge is 2.32. The molecule has 2 aromatic heterocycles. The largest absolute Gasteiger partial charge is 0.504 e. The van der Waals surface area contributed by atoms with Gasteiger partial charge in [-0.05, 0) is 19.1 Å². The van der Waals surface area contributed by atoms with E-state index in [9.17, 15) is 13.2 Å². The van der Waals surface area contributed by atoms with Gasteiger partial charge < -0.3 is 0 Å². The molecule has 3 aromatic rings. The third-order valence-electron chi connectivity index (χ3n) is 2.62. The van der Waals surface area contributed by atoms with Crippen molar-refractivity contribution in [2.75, 3.05) is 0 Å². The van der Waals surface area contributed by atoms with Gasteiger partial charge in [0.05, 0.1) is 11.0 Å². The number of nitrogens with zero attached hydrogens (tertiary/aromatic N) is 4. The van der Waals surface area contributed by atoms with Crippen LogP contribution in [-0.2, 0) is 6.30 Å². The Balaban J connectivity index is 2.39. The molecule has 0 fully saturated rings. The number of halogens is 3. The van der Waals surface area contributed by atoms with Gasteiger partial charge in [-0.2, -0.15) is 9.78 Å². The molecule has 0 radical (unpaired) electrons. The van der Waals surface area contributed by atoms with Gasteiger partial charge in [0.2, 0.25) is 0 Å². The zero-order valence-corrected chi connectivity index (χ0v) is 9.23. The van der Waals surface area contributed by atoms with E-state index in [1.54, 1.807) is 19.2 Å². The first-order valence-corrected chi connectivity index (χ1v) is 5.14. The minimum atomic E-state index is -4.52. The predicted octanol–water partition coefficient (Wildman–Crippen LogP) is 2.76. The Labute approximate surface area is 99.1 Å². The third kappa shape index (κ3) is 1.59. The lowest BCUT2D eigenvalue weighted by atomic mass is 10.2. The van der Waals surface area contributed by atoms with Crippen molar-refractivity contribution in [3.05, 3.63) is 30.4 Å². The highest BCUT2D eigenvalue weighted by molar-refractivity contribution is 6.03. The van der Waals surface area contributed by atoms with E-state index in [4.69, 9.17) is 0 Å². The van der Waals surface area contributed by atoms with Crippen LogP contribution >= 0.6 is 0 Å². The van der Waals surface area contributed by atoms with Crippen LogP contribution in [0.4, 0.5) is 13.2 Å². The van der Waals surface area contributed by atoms with Crippen molar-refractivity contribution in [1.82, 2.24) is 19.7 Å². The van der Waals surface area contributed by atoms with Gasteiger partial charge in [0.1, 0.15) is 5.82 Å². The van der Waals surface area contributed by atoms with Crippen LogP contribution in [0, 0.1) is 6.92 Å². The molecule has 0 aliphatic carbocycles. The molecule has 1 aromatic carbocycles. The summed E-state index contributed by atoms with van der Waals surface area (Å²) in [6.07, 6.45) is -1.99. The average molecular weight is 252 g/mol. The zero-order chi connectivity index (χ0) is 12.9. The number of rotatable bonds is 0. The van der Waals surface area contributed by atoms with E-state index >= 15 is 0 Å². The smallest absolute Gasteiger partial charge is 0.241 e. The van der Waals surface area contributed by atoms with E-state index in [-0.39, 0.29) is 10.2 Å². The van der Waals surface area contributed by atoms with Crippen molar-refractivity contribution in [2.45, 2.75) is 13.2 Å². The van der Waals surface area contributed by atoms with Gasteiger partial charge in [0.25, 0.3) is 0 Å². The topological polar surface area (TPSA) is 43.6 Å². The maximum Gasteiger partial charge on any atom is 0.504 e. The Morgan fingerprint density at radius 1 is 1.22 bits per heavy atom. The summed E-state index contributed by atoms with van der Waals surface area (Å²) in [4.78, 5) is 8.18. The van der Waals surface area contributed by atoms with Crippen molar-refractivity contribution in [3.63, 3.8) is 0 Å². The lowest BCUT2D eigenvalue weighted by molar-refractivity contribution is -0.211. The second-order valence-electron chi connectivity index (χ2n) is 3.89. The summed E-state index contributed by atoms with van der Waals surface area (Å²) in [5.41, 5.74) is 0.744. The van der Waals surface area contributed by atoms with Crippen molar-refractivity contribution < 1.29 is 13.2 Å². The molecule has 0 amide bonds. The number of hydrogen-bond donors (Lipinski definition) is 0. The Hall–Kier alpha value is -2.18. The lowest BCUT2D eigenvalue weighted by Crippen LogP contribution is -2.16. The van der Waals surface area contributed by atoms with Crippen molar-refractivity contribution in [1.29, 1.82) is 0 Å². The molecule has 0 bridgehead atoms. The SMILES string of the molecule is Cc1ncc2ccc3nn(C(F)(F)F)cc3c2n1. The summed E-state index contributed by atoms with van der Waals surface area (Å²) in [6, 6.07) is 3.18. The minimum Gasteiger partial charge on any atom is -0.241 e. The maximum atomic E-state index is 12.6. The molecule has 0 N–H and O–H groups in total. The summed E-state index contributed by atoms with van der Waals surface area (Å²) in [6.45, 7) is 1.69. The van der Waals surface area contributed by atoms with Gasteiger partial charge in [0, 0.05) is 23.2 Å². The van der Waals surface area contributed by atoms with E-state index < -0.39 is 6.30 Å². The van der Waals surface area contributed by atoms with Crippen LogP contribution in [0.2, 0.25) is 0 Å². The fourth-order valence-electron chi connectivity index (χ4n) is 1.81. The molecule has 4 nitrogen and oxygen atoms in total.